The summed E-state index contributed by atoms with van der Waals surface area (Å²) in [5, 5.41) is 0. The van der Waals surface area contributed by atoms with Gasteiger partial charge in [-0.1, -0.05) is 35.6 Å². The molecular weight excluding hydrogens is 335 g/mol. The van der Waals surface area contributed by atoms with Crippen LogP contribution in [-0.2, 0) is 12.3 Å². The van der Waals surface area contributed by atoms with Crippen LogP contribution in [0.5, 0.6) is 0 Å². The maximum Gasteiger partial charge on any atom is 0.273 e. The van der Waals surface area contributed by atoms with Gasteiger partial charge in [0.25, 0.3) is 5.92 Å². The minimum Gasteiger partial charge on any atom is -0.359 e. The highest BCUT2D eigenvalue weighted by molar-refractivity contribution is 14.1. The number of fused-ring (bicyclic) bond motifs is 1. The fraction of sp³-hybridized carbons (Fsp3) is 0.538. The normalized spacial score (nSPS) is 17.1. The SMILES string of the molecule is CCC(F)(F)c1ccc2c(c1)CCN2[C@@H](C)I. The summed E-state index contributed by atoms with van der Waals surface area (Å²) in [4.78, 5) is 2.25. The molecule has 1 aromatic rings. The van der Waals surface area contributed by atoms with Gasteiger partial charge in [0.2, 0.25) is 0 Å². The van der Waals surface area contributed by atoms with Gasteiger partial charge in [0.1, 0.15) is 0 Å². The number of hydrogen-bond donors (Lipinski definition) is 0. The molecular formula is C13H16F2IN. The van der Waals surface area contributed by atoms with Gasteiger partial charge in [-0.05, 0) is 31.0 Å². The molecule has 4 heteroatoms. The molecule has 17 heavy (non-hydrogen) atoms. The Morgan fingerprint density at radius 3 is 2.76 bits per heavy atom. The van der Waals surface area contributed by atoms with E-state index in [0.29, 0.717) is 4.05 Å². The van der Waals surface area contributed by atoms with E-state index < -0.39 is 5.92 Å². The van der Waals surface area contributed by atoms with Gasteiger partial charge >= 0.3 is 0 Å². The maximum atomic E-state index is 13.6. The van der Waals surface area contributed by atoms with Crippen LogP contribution in [-0.4, -0.2) is 10.6 Å². The van der Waals surface area contributed by atoms with Crippen LogP contribution >= 0.6 is 22.6 Å². The van der Waals surface area contributed by atoms with Gasteiger partial charge in [-0.25, -0.2) is 8.78 Å². The molecule has 0 bridgehead atoms. The van der Waals surface area contributed by atoms with Crippen molar-refractivity contribution >= 4 is 28.3 Å². The summed E-state index contributed by atoms with van der Waals surface area (Å²) in [6.45, 7) is 4.57. The second-order valence-electron chi connectivity index (χ2n) is 4.42. The van der Waals surface area contributed by atoms with Crippen LogP contribution in [0.25, 0.3) is 0 Å². The fourth-order valence-electron chi connectivity index (χ4n) is 2.23. The predicted molar refractivity (Wildman–Crippen MR) is 75.2 cm³/mol. The molecule has 0 radical (unpaired) electrons. The highest BCUT2D eigenvalue weighted by atomic mass is 127. The van der Waals surface area contributed by atoms with Gasteiger partial charge in [-0.3, -0.25) is 0 Å². The lowest BCUT2D eigenvalue weighted by molar-refractivity contribution is -0.00832. The average molecular weight is 351 g/mol. The van der Waals surface area contributed by atoms with Crippen LogP contribution in [0.4, 0.5) is 14.5 Å². The summed E-state index contributed by atoms with van der Waals surface area (Å²) < 4.78 is 27.6. The van der Waals surface area contributed by atoms with E-state index >= 15 is 0 Å². The van der Waals surface area contributed by atoms with Gasteiger partial charge in [0.15, 0.2) is 0 Å². The van der Waals surface area contributed by atoms with E-state index in [-0.39, 0.29) is 12.0 Å². The van der Waals surface area contributed by atoms with Gasteiger partial charge in [-0.2, -0.15) is 0 Å². The number of rotatable bonds is 3. The van der Waals surface area contributed by atoms with Gasteiger partial charge in [0, 0.05) is 24.2 Å². The number of alkyl halides is 3. The molecule has 0 unspecified atom stereocenters. The third kappa shape index (κ3) is 2.41. The lowest BCUT2D eigenvalue weighted by Gasteiger charge is -2.23. The molecule has 1 atom stereocenters. The molecule has 1 aliphatic rings. The summed E-state index contributed by atoms with van der Waals surface area (Å²) in [6.07, 6.45) is 0.731. The van der Waals surface area contributed by atoms with Crippen LogP contribution in [0.2, 0.25) is 0 Å². The fourth-order valence-corrected chi connectivity index (χ4v) is 2.81. The number of halogens is 3. The van der Waals surface area contributed by atoms with Gasteiger partial charge < -0.3 is 4.90 Å². The molecule has 0 fully saturated rings. The summed E-state index contributed by atoms with van der Waals surface area (Å²) in [6, 6.07) is 5.09. The van der Waals surface area contributed by atoms with Gasteiger partial charge in [-0.15, -0.1) is 0 Å². The first-order valence-corrected chi connectivity index (χ1v) is 7.12. The average Bonchev–Trinajstić information content (AvgIpc) is 2.71. The van der Waals surface area contributed by atoms with E-state index in [1.165, 1.54) is 6.92 Å². The zero-order chi connectivity index (χ0) is 12.6. The number of hydrogen-bond acceptors (Lipinski definition) is 1. The second kappa shape index (κ2) is 4.71. The van der Waals surface area contributed by atoms with Crippen molar-refractivity contribution in [2.45, 2.75) is 36.7 Å². The zero-order valence-corrected chi connectivity index (χ0v) is 12.2. The minimum atomic E-state index is -2.70. The molecule has 1 aliphatic heterocycles. The molecule has 0 N–H and O–H groups in total. The van der Waals surface area contributed by atoms with Crippen molar-refractivity contribution < 1.29 is 8.78 Å². The van der Waals surface area contributed by atoms with E-state index in [4.69, 9.17) is 0 Å². The molecule has 0 saturated heterocycles. The van der Waals surface area contributed by atoms with Crippen molar-refractivity contribution in [2.24, 2.45) is 0 Å². The van der Waals surface area contributed by atoms with Crippen LogP contribution in [0, 0.1) is 0 Å². The van der Waals surface area contributed by atoms with Crippen molar-refractivity contribution in [3.05, 3.63) is 29.3 Å². The number of nitrogens with zero attached hydrogens (tertiary/aromatic N) is 1. The van der Waals surface area contributed by atoms with Crippen molar-refractivity contribution in [2.75, 3.05) is 11.4 Å². The molecule has 0 amide bonds. The molecule has 94 valence electrons. The maximum absolute atomic E-state index is 13.6. The summed E-state index contributed by atoms with van der Waals surface area (Å²) in [7, 11) is 0. The van der Waals surface area contributed by atoms with E-state index in [1.54, 1.807) is 12.1 Å². The smallest absolute Gasteiger partial charge is 0.273 e. The summed E-state index contributed by atoms with van der Waals surface area (Å²) in [5.74, 6) is -2.70. The number of anilines is 1. The monoisotopic (exact) mass is 351 g/mol. The largest absolute Gasteiger partial charge is 0.359 e. The van der Waals surface area contributed by atoms with Crippen molar-refractivity contribution in [3.8, 4) is 0 Å². The quantitative estimate of drug-likeness (QED) is 0.445. The first-order valence-electron chi connectivity index (χ1n) is 5.87. The van der Waals surface area contributed by atoms with Crippen molar-refractivity contribution in [1.29, 1.82) is 0 Å². The zero-order valence-electron chi connectivity index (χ0n) is 10.0. The Bertz CT molecular complexity index is 418. The van der Waals surface area contributed by atoms with Crippen LogP contribution in [0.1, 0.15) is 31.4 Å². The van der Waals surface area contributed by atoms with Crippen molar-refractivity contribution in [1.82, 2.24) is 0 Å². The van der Waals surface area contributed by atoms with Crippen LogP contribution in [0.15, 0.2) is 18.2 Å². The molecule has 0 saturated carbocycles. The lowest BCUT2D eigenvalue weighted by atomic mass is 10.0. The Hall–Kier alpha value is -0.390. The Kier molecular flexibility index (Phi) is 3.61. The van der Waals surface area contributed by atoms with E-state index in [2.05, 4.69) is 34.4 Å². The van der Waals surface area contributed by atoms with E-state index in [1.807, 2.05) is 6.07 Å². The van der Waals surface area contributed by atoms with Crippen LogP contribution in [0.3, 0.4) is 0 Å². The highest BCUT2D eigenvalue weighted by Crippen LogP contribution is 2.37. The Morgan fingerprint density at radius 2 is 2.18 bits per heavy atom. The Balaban J connectivity index is 2.35. The standard InChI is InChI=1S/C13H16F2IN/c1-3-13(14,15)11-4-5-12-10(8-11)6-7-17(12)9(2)16/h4-5,8-9H,3,6-7H2,1-2H3/t9-/m0/s1. The summed E-state index contributed by atoms with van der Waals surface area (Å²) >= 11 is 2.35. The molecule has 0 aromatic heterocycles. The third-order valence-corrected chi connectivity index (χ3v) is 3.98. The lowest BCUT2D eigenvalue weighted by Crippen LogP contribution is -2.25. The molecule has 0 spiro atoms. The van der Waals surface area contributed by atoms with Crippen LogP contribution < -0.4 is 4.90 Å². The molecule has 1 heterocycles. The molecule has 1 aromatic carbocycles. The summed E-state index contributed by atoms with van der Waals surface area (Å²) in [5.41, 5.74) is 2.32. The Morgan fingerprint density at radius 1 is 1.47 bits per heavy atom. The molecule has 1 nitrogen and oxygen atoms in total. The van der Waals surface area contributed by atoms with Crippen molar-refractivity contribution in [3.63, 3.8) is 0 Å². The van der Waals surface area contributed by atoms with Gasteiger partial charge in [0.05, 0.1) is 4.05 Å². The predicted octanol–water partition coefficient (Wildman–Crippen LogP) is 4.33. The van der Waals surface area contributed by atoms with E-state index in [0.717, 1.165) is 24.2 Å². The topological polar surface area (TPSA) is 3.24 Å². The highest BCUT2D eigenvalue weighted by Gasteiger charge is 2.31. The second-order valence-corrected chi connectivity index (χ2v) is 6.22. The first-order chi connectivity index (χ1) is 7.95. The first kappa shape index (κ1) is 13.1. The molecule has 0 aliphatic carbocycles. The third-order valence-electron chi connectivity index (χ3n) is 3.31. The van der Waals surface area contributed by atoms with E-state index in [9.17, 15) is 8.78 Å². The Labute approximate surface area is 114 Å². The number of benzene rings is 1. The molecule has 2 rings (SSSR count). The minimum absolute atomic E-state index is 0.141.